The molecule has 19 heavy (non-hydrogen) atoms. The molecule has 0 heterocycles. The summed E-state index contributed by atoms with van der Waals surface area (Å²) >= 11 is 0. The lowest BCUT2D eigenvalue weighted by molar-refractivity contribution is 1.25. The average molecular weight is 260 g/mol. The van der Waals surface area contributed by atoms with E-state index in [4.69, 9.17) is 0 Å². The van der Waals surface area contributed by atoms with Crippen LogP contribution in [0.15, 0.2) is 72.9 Å². The summed E-state index contributed by atoms with van der Waals surface area (Å²) in [5.41, 5.74) is 4.69. The van der Waals surface area contributed by atoms with Crippen molar-refractivity contribution in [3.63, 3.8) is 0 Å². The van der Waals surface area contributed by atoms with Crippen LogP contribution in [-0.2, 0) is 0 Å². The summed E-state index contributed by atoms with van der Waals surface area (Å²) in [6.45, 7) is 27.1. The Bertz CT molecular complexity index is 301. The van der Waals surface area contributed by atoms with Gasteiger partial charge in [0.15, 0.2) is 0 Å². The van der Waals surface area contributed by atoms with Crippen molar-refractivity contribution in [2.24, 2.45) is 0 Å². The molecule has 0 heteroatoms. The van der Waals surface area contributed by atoms with E-state index in [1.807, 2.05) is 65.8 Å². The van der Waals surface area contributed by atoms with E-state index in [0.29, 0.717) is 0 Å². The fraction of sp³-hybridized carbons (Fsp3) is 0.368. The Kier molecular flexibility index (Phi) is 19.6. The first-order valence-electron chi connectivity index (χ1n) is 7.24. The summed E-state index contributed by atoms with van der Waals surface area (Å²) in [4.78, 5) is 0. The van der Waals surface area contributed by atoms with E-state index < -0.39 is 0 Å². The number of rotatable bonds is 4. The van der Waals surface area contributed by atoms with E-state index in [-0.39, 0.29) is 0 Å². The fourth-order valence-electron chi connectivity index (χ4n) is 1.59. The third kappa shape index (κ3) is 6.81. The summed E-state index contributed by atoms with van der Waals surface area (Å²) in [7, 11) is 0. The monoisotopic (exact) mass is 260 g/mol. The maximum absolute atomic E-state index is 3.79. The highest BCUT2D eigenvalue weighted by molar-refractivity contribution is 5.61. The predicted molar refractivity (Wildman–Crippen MR) is 93.5 cm³/mol. The Hall–Kier alpha value is -1.56. The highest BCUT2D eigenvalue weighted by Crippen LogP contribution is 2.34. The van der Waals surface area contributed by atoms with Crippen LogP contribution in [0.5, 0.6) is 0 Å². The molecule has 0 unspecified atom stereocenters. The van der Waals surface area contributed by atoms with Gasteiger partial charge in [0.05, 0.1) is 0 Å². The smallest absolute Gasteiger partial charge is 0.00139 e. The third-order valence-corrected chi connectivity index (χ3v) is 2.26. The molecule has 0 saturated heterocycles. The van der Waals surface area contributed by atoms with Gasteiger partial charge in [-0.2, -0.15) is 0 Å². The van der Waals surface area contributed by atoms with Crippen LogP contribution in [0.4, 0.5) is 0 Å². The van der Waals surface area contributed by atoms with Crippen molar-refractivity contribution in [3.8, 4) is 0 Å². The molecule has 0 aromatic heterocycles. The molecule has 0 saturated carbocycles. The molecule has 0 radical (unpaired) electrons. The SMILES string of the molecule is C=CC1=C(C=C)C(C=C)=C(C=C)C1.CC.CC.CC. The second-order valence-electron chi connectivity index (χ2n) is 2.87. The number of allylic oxidation sites excluding steroid dienone is 8. The van der Waals surface area contributed by atoms with Gasteiger partial charge in [0.2, 0.25) is 0 Å². The normalized spacial score (nSPS) is 11.9. The third-order valence-electron chi connectivity index (χ3n) is 2.26. The van der Waals surface area contributed by atoms with Crippen molar-refractivity contribution < 1.29 is 0 Å². The predicted octanol–water partition coefficient (Wildman–Crippen LogP) is 6.81. The molecule has 0 aliphatic heterocycles. The van der Waals surface area contributed by atoms with Crippen LogP contribution in [0.25, 0.3) is 0 Å². The lowest BCUT2D eigenvalue weighted by Gasteiger charge is -1.99. The standard InChI is InChI=1S/C13H14.3C2H6/c1-5-10-9-11(6-2)13(8-4)12(10)7-3;3*1-2/h5-8H,1-4,9H2;3*1-2H3. The molecule has 1 aliphatic carbocycles. The van der Waals surface area contributed by atoms with Crippen LogP contribution in [0, 0.1) is 0 Å². The molecule has 0 aromatic carbocycles. The van der Waals surface area contributed by atoms with E-state index in [0.717, 1.165) is 17.6 Å². The topological polar surface area (TPSA) is 0 Å². The zero-order valence-corrected chi connectivity index (χ0v) is 13.8. The lowest BCUT2D eigenvalue weighted by Crippen LogP contribution is -1.80. The summed E-state index contributed by atoms with van der Waals surface area (Å²) in [5, 5.41) is 0. The zero-order valence-electron chi connectivity index (χ0n) is 13.8. The number of hydrogen-bond acceptors (Lipinski definition) is 0. The molecule has 0 fully saturated rings. The number of hydrogen-bond donors (Lipinski definition) is 0. The van der Waals surface area contributed by atoms with E-state index in [1.165, 1.54) is 11.1 Å². The van der Waals surface area contributed by atoms with Crippen molar-refractivity contribution in [1.82, 2.24) is 0 Å². The van der Waals surface area contributed by atoms with Gasteiger partial charge in [0, 0.05) is 0 Å². The van der Waals surface area contributed by atoms with Gasteiger partial charge in [-0.05, 0) is 28.7 Å². The van der Waals surface area contributed by atoms with E-state index in [2.05, 4.69) is 26.3 Å². The maximum Gasteiger partial charge on any atom is -0.00139 e. The van der Waals surface area contributed by atoms with Gasteiger partial charge in [-0.1, -0.05) is 92.2 Å². The molecule has 0 aromatic rings. The van der Waals surface area contributed by atoms with Gasteiger partial charge in [-0.15, -0.1) is 0 Å². The summed E-state index contributed by atoms with van der Waals surface area (Å²) in [6.07, 6.45) is 8.35. The minimum atomic E-state index is 0.899. The average Bonchev–Trinajstić information content (AvgIpc) is 2.89. The van der Waals surface area contributed by atoms with Crippen molar-refractivity contribution >= 4 is 0 Å². The summed E-state index contributed by atoms with van der Waals surface area (Å²) in [6, 6.07) is 0. The van der Waals surface area contributed by atoms with Crippen LogP contribution in [-0.4, -0.2) is 0 Å². The second kappa shape index (κ2) is 16.4. The Morgan fingerprint density at radius 2 is 0.842 bits per heavy atom. The summed E-state index contributed by atoms with van der Waals surface area (Å²) < 4.78 is 0. The molecule has 1 aliphatic rings. The Balaban J connectivity index is -0.000000375. The second-order valence-corrected chi connectivity index (χ2v) is 2.87. The first-order chi connectivity index (χ1) is 9.28. The molecule has 0 N–H and O–H groups in total. The first-order valence-corrected chi connectivity index (χ1v) is 7.24. The van der Waals surface area contributed by atoms with Gasteiger partial charge in [0.1, 0.15) is 0 Å². The van der Waals surface area contributed by atoms with E-state index in [9.17, 15) is 0 Å². The van der Waals surface area contributed by atoms with E-state index >= 15 is 0 Å². The van der Waals surface area contributed by atoms with Crippen molar-refractivity contribution in [1.29, 1.82) is 0 Å². The lowest BCUT2D eigenvalue weighted by atomic mass is 10.1. The Morgan fingerprint density at radius 1 is 0.579 bits per heavy atom. The van der Waals surface area contributed by atoms with Gasteiger partial charge in [0.25, 0.3) is 0 Å². The van der Waals surface area contributed by atoms with Crippen molar-refractivity contribution in [2.75, 3.05) is 0 Å². The van der Waals surface area contributed by atoms with Crippen LogP contribution < -0.4 is 0 Å². The minimum Gasteiger partial charge on any atom is -0.0988 e. The zero-order chi connectivity index (χ0) is 15.8. The fourth-order valence-corrected chi connectivity index (χ4v) is 1.59. The van der Waals surface area contributed by atoms with E-state index in [1.54, 1.807) is 0 Å². The van der Waals surface area contributed by atoms with Crippen molar-refractivity contribution in [3.05, 3.63) is 72.9 Å². The van der Waals surface area contributed by atoms with Gasteiger partial charge < -0.3 is 0 Å². The molecule has 1 rings (SSSR count). The van der Waals surface area contributed by atoms with Gasteiger partial charge in [-0.25, -0.2) is 0 Å². The van der Waals surface area contributed by atoms with Crippen LogP contribution in [0.1, 0.15) is 48.0 Å². The summed E-state index contributed by atoms with van der Waals surface area (Å²) in [5.74, 6) is 0. The molecule has 0 spiro atoms. The minimum absolute atomic E-state index is 0.899. The Labute approximate surface area is 121 Å². The highest BCUT2D eigenvalue weighted by atomic mass is 14.2. The van der Waals surface area contributed by atoms with Crippen LogP contribution >= 0.6 is 0 Å². The molecule has 0 atom stereocenters. The molecule has 108 valence electrons. The van der Waals surface area contributed by atoms with Gasteiger partial charge in [-0.3, -0.25) is 0 Å². The molecular weight excluding hydrogens is 228 g/mol. The molecule has 0 amide bonds. The maximum atomic E-state index is 3.79. The highest BCUT2D eigenvalue weighted by Gasteiger charge is 2.16. The van der Waals surface area contributed by atoms with Crippen LogP contribution in [0.3, 0.4) is 0 Å². The van der Waals surface area contributed by atoms with Gasteiger partial charge >= 0.3 is 0 Å². The van der Waals surface area contributed by atoms with Crippen molar-refractivity contribution in [2.45, 2.75) is 48.0 Å². The van der Waals surface area contributed by atoms with Crippen LogP contribution in [0.2, 0.25) is 0 Å². The first kappa shape index (κ1) is 22.6. The molecular formula is C19H32. The molecule has 0 bridgehead atoms. The molecule has 0 nitrogen and oxygen atoms in total. The Morgan fingerprint density at radius 3 is 1.00 bits per heavy atom. The largest absolute Gasteiger partial charge is 0.0988 e. The quantitative estimate of drug-likeness (QED) is 0.521.